The molecule has 13 heteroatoms. The first kappa shape index (κ1) is 29.6. The topological polar surface area (TPSA) is 221 Å². The van der Waals surface area contributed by atoms with Gasteiger partial charge in [-0.1, -0.05) is 18.2 Å². The maximum Gasteiger partial charge on any atom is 0.326 e. The van der Waals surface area contributed by atoms with E-state index in [9.17, 15) is 29.1 Å². The first-order valence-corrected chi connectivity index (χ1v) is 13.0. The van der Waals surface area contributed by atoms with E-state index in [-0.39, 0.29) is 19.4 Å². The highest BCUT2D eigenvalue weighted by molar-refractivity contribution is 5.95. The molecule has 1 fully saturated rings. The lowest BCUT2D eigenvalue weighted by molar-refractivity contribution is -0.145. The second-order valence-corrected chi connectivity index (χ2v) is 9.70. The van der Waals surface area contributed by atoms with Gasteiger partial charge in [-0.05, 0) is 50.3 Å². The van der Waals surface area contributed by atoms with E-state index in [1.807, 2.05) is 24.3 Å². The molecule has 9 N–H and O–H groups in total. The van der Waals surface area contributed by atoms with Crippen LogP contribution in [-0.4, -0.2) is 87.0 Å². The van der Waals surface area contributed by atoms with Crippen molar-refractivity contribution in [2.45, 2.75) is 69.1 Å². The zero-order chi connectivity index (χ0) is 28.5. The normalized spacial score (nSPS) is 17.4. The number of aromatic nitrogens is 1. The lowest BCUT2D eigenvalue weighted by Gasteiger charge is -2.30. The number of benzene rings is 1. The molecule has 3 rings (SSSR count). The van der Waals surface area contributed by atoms with Crippen molar-refractivity contribution < 1.29 is 34.2 Å². The summed E-state index contributed by atoms with van der Waals surface area (Å²) >= 11 is 0. The molecule has 2 aromatic rings. The number of carboxylic acid groups (broad SMARTS) is 2. The van der Waals surface area contributed by atoms with Crippen molar-refractivity contribution in [1.29, 1.82) is 0 Å². The van der Waals surface area contributed by atoms with Crippen molar-refractivity contribution in [2.75, 3.05) is 13.1 Å². The van der Waals surface area contributed by atoms with Crippen LogP contribution in [0.2, 0.25) is 0 Å². The van der Waals surface area contributed by atoms with Crippen LogP contribution in [0.15, 0.2) is 30.5 Å². The molecule has 4 unspecified atom stereocenters. The number of amides is 3. The van der Waals surface area contributed by atoms with Gasteiger partial charge in [0.05, 0.1) is 12.5 Å². The molecule has 2 heterocycles. The van der Waals surface area contributed by atoms with Gasteiger partial charge in [0.25, 0.3) is 0 Å². The number of aromatic amines is 1. The minimum absolute atomic E-state index is 0.0655. The molecule has 39 heavy (non-hydrogen) atoms. The Labute approximate surface area is 225 Å². The summed E-state index contributed by atoms with van der Waals surface area (Å²) in [5.41, 5.74) is 12.8. The molecule has 0 saturated carbocycles. The summed E-state index contributed by atoms with van der Waals surface area (Å²) in [5, 5.41) is 24.5. The number of likely N-dealkylation sites (tertiary alicyclic amines) is 1. The second-order valence-electron chi connectivity index (χ2n) is 9.70. The summed E-state index contributed by atoms with van der Waals surface area (Å²) in [4.78, 5) is 66.8. The van der Waals surface area contributed by atoms with Gasteiger partial charge in [-0.25, -0.2) is 4.79 Å². The van der Waals surface area contributed by atoms with Crippen molar-refractivity contribution in [1.82, 2.24) is 20.5 Å². The van der Waals surface area contributed by atoms with E-state index in [0.29, 0.717) is 32.2 Å². The lowest BCUT2D eigenvalue weighted by atomic mass is 10.0. The zero-order valence-electron chi connectivity index (χ0n) is 21.6. The van der Waals surface area contributed by atoms with Crippen LogP contribution in [0.5, 0.6) is 0 Å². The number of unbranched alkanes of at least 4 members (excludes halogenated alkanes) is 1. The molecule has 1 aromatic heterocycles. The molecule has 1 saturated heterocycles. The third kappa shape index (κ3) is 7.77. The molecule has 0 aliphatic carbocycles. The fourth-order valence-electron chi connectivity index (χ4n) is 4.80. The number of fused-ring (bicyclic) bond motifs is 1. The summed E-state index contributed by atoms with van der Waals surface area (Å²) in [6.07, 6.45) is 3.37. The van der Waals surface area contributed by atoms with E-state index in [1.165, 1.54) is 4.90 Å². The number of nitrogens with one attached hydrogen (secondary N) is 3. The van der Waals surface area contributed by atoms with E-state index in [1.54, 1.807) is 6.20 Å². The van der Waals surface area contributed by atoms with Crippen molar-refractivity contribution in [3.63, 3.8) is 0 Å². The number of carboxylic acids is 2. The van der Waals surface area contributed by atoms with Crippen LogP contribution >= 0.6 is 0 Å². The van der Waals surface area contributed by atoms with Crippen LogP contribution in [0.4, 0.5) is 0 Å². The maximum atomic E-state index is 13.8. The van der Waals surface area contributed by atoms with Crippen LogP contribution < -0.4 is 22.1 Å². The van der Waals surface area contributed by atoms with E-state index in [0.717, 1.165) is 16.5 Å². The van der Waals surface area contributed by atoms with Crippen LogP contribution in [-0.2, 0) is 30.4 Å². The average molecular weight is 545 g/mol. The van der Waals surface area contributed by atoms with Gasteiger partial charge < -0.3 is 42.2 Å². The highest BCUT2D eigenvalue weighted by Crippen LogP contribution is 2.23. The minimum Gasteiger partial charge on any atom is -0.481 e. The molecule has 1 aliphatic heterocycles. The monoisotopic (exact) mass is 544 g/mol. The second kappa shape index (κ2) is 13.7. The first-order valence-electron chi connectivity index (χ1n) is 13.0. The summed E-state index contributed by atoms with van der Waals surface area (Å²) in [5.74, 6) is -4.35. The van der Waals surface area contributed by atoms with E-state index in [2.05, 4.69) is 15.6 Å². The number of hydrogen-bond acceptors (Lipinski definition) is 7. The molecule has 1 aromatic carbocycles. The quantitative estimate of drug-likeness (QED) is 0.155. The molecule has 1 aliphatic rings. The molecule has 0 radical (unpaired) electrons. The van der Waals surface area contributed by atoms with Gasteiger partial charge in [0, 0.05) is 30.1 Å². The number of carbonyl (C=O) groups is 5. The number of para-hydroxylation sites is 1. The van der Waals surface area contributed by atoms with Gasteiger partial charge in [-0.2, -0.15) is 0 Å². The molecule has 0 bridgehead atoms. The number of nitrogens with two attached hydrogens (primary N) is 2. The number of carbonyl (C=O) groups excluding carboxylic acids is 3. The fourth-order valence-corrected chi connectivity index (χ4v) is 4.80. The van der Waals surface area contributed by atoms with Crippen LogP contribution in [0, 0.1) is 0 Å². The third-order valence-corrected chi connectivity index (χ3v) is 6.84. The van der Waals surface area contributed by atoms with Crippen LogP contribution in [0.1, 0.15) is 44.1 Å². The van der Waals surface area contributed by atoms with Gasteiger partial charge in [-0.3, -0.25) is 19.2 Å². The summed E-state index contributed by atoms with van der Waals surface area (Å²) in [6, 6.07) is 2.89. The SMILES string of the molecule is NCCCCC(NC(=O)C1CCCN1C(=O)C(Cc1c[nH]c2ccccc12)NC(=O)C(N)CC(=O)O)C(=O)O. The molecule has 4 atom stereocenters. The van der Waals surface area contributed by atoms with E-state index in [4.69, 9.17) is 16.6 Å². The Kier molecular flexibility index (Phi) is 10.4. The summed E-state index contributed by atoms with van der Waals surface area (Å²) in [7, 11) is 0. The predicted octanol–water partition coefficient (Wildman–Crippen LogP) is -0.313. The van der Waals surface area contributed by atoms with Gasteiger partial charge in [-0.15, -0.1) is 0 Å². The third-order valence-electron chi connectivity index (χ3n) is 6.84. The first-order chi connectivity index (χ1) is 18.6. The largest absolute Gasteiger partial charge is 0.481 e. The highest BCUT2D eigenvalue weighted by atomic mass is 16.4. The molecular formula is C26H36N6O7. The Hall–Kier alpha value is -3.97. The summed E-state index contributed by atoms with van der Waals surface area (Å²) < 4.78 is 0. The molecule has 13 nitrogen and oxygen atoms in total. The lowest BCUT2D eigenvalue weighted by Crippen LogP contribution is -2.57. The molecule has 3 amide bonds. The molecule has 0 spiro atoms. The Morgan fingerprint density at radius 1 is 1.08 bits per heavy atom. The Morgan fingerprint density at radius 2 is 1.82 bits per heavy atom. The van der Waals surface area contributed by atoms with Crippen molar-refractivity contribution >= 4 is 40.6 Å². The summed E-state index contributed by atoms with van der Waals surface area (Å²) in [6.45, 7) is 0.647. The van der Waals surface area contributed by atoms with Crippen molar-refractivity contribution in [3.05, 3.63) is 36.0 Å². The van der Waals surface area contributed by atoms with Crippen molar-refractivity contribution in [2.24, 2.45) is 11.5 Å². The number of aliphatic carboxylic acids is 2. The predicted molar refractivity (Wildman–Crippen MR) is 141 cm³/mol. The van der Waals surface area contributed by atoms with E-state index >= 15 is 0 Å². The number of hydrogen-bond donors (Lipinski definition) is 7. The van der Waals surface area contributed by atoms with Gasteiger partial charge in [0.2, 0.25) is 17.7 Å². The average Bonchev–Trinajstić information content (AvgIpc) is 3.54. The molecular weight excluding hydrogens is 508 g/mol. The Bertz CT molecular complexity index is 1200. The number of nitrogens with zero attached hydrogens (tertiary/aromatic N) is 1. The fraction of sp³-hybridized carbons (Fsp3) is 0.500. The van der Waals surface area contributed by atoms with Gasteiger partial charge in [0.15, 0.2) is 0 Å². The van der Waals surface area contributed by atoms with Gasteiger partial charge >= 0.3 is 11.9 Å². The minimum atomic E-state index is -1.37. The number of H-pyrrole nitrogens is 1. The molecule has 212 valence electrons. The van der Waals surface area contributed by atoms with Crippen molar-refractivity contribution in [3.8, 4) is 0 Å². The number of rotatable bonds is 14. The Balaban J connectivity index is 1.81. The standard InChI is InChI=1S/C26H36N6O7/c27-10-4-3-8-19(26(38)39)30-24(36)21-9-5-11-32(21)25(37)20(31-23(35)17(28)13-22(33)34)12-15-14-29-18-7-2-1-6-16(15)18/h1-2,6-7,14,17,19-21,29H,3-5,8-13,27-28H2,(H,30,36)(H,31,35)(H,33,34)(H,38,39). The Morgan fingerprint density at radius 3 is 2.51 bits per heavy atom. The highest BCUT2D eigenvalue weighted by Gasteiger charge is 2.39. The van der Waals surface area contributed by atoms with Crippen LogP contribution in [0.25, 0.3) is 10.9 Å². The zero-order valence-corrected chi connectivity index (χ0v) is 21.6. The van der Waals surface area contributed by atoms with E-state index < -0.39 is 60.2 Å². The smallest absolute Gasteiger partial charge is 0.326 e. The van der Waals surface area contributed by atoms with Crippen LogP contribution in [0.3, 0.4) is 0 Å². The maximum absolute atomic E-state index is 13.8. The van der Waals surface area contributed by atoms with Gasteiger partial charge in [0.1, 0.15) is 18.1 Å².